The maximum Gasteiger partial charge on any atom is 0.498 e. The third kappa shape index (κ3) is 4.79. The predicted octanol–water partition coefficient (Wildman–Crippen LogP) is 8.10. The van der Waals surface area contributed by atoms with Crippen molar-refractivity contribution in [1.82, 2.24) is 15.0 Å². The number of fused-ring (bicyclic) bond motifs is 3. The van der Waals surface area contributed by atoms with Crippen LogP contribution in [0.1, 0.15) is 41.5 Å². The van der Waals surface area contributed by atoms with Crippen LogP contribution in [0, 0.1) is 0 Å². The lowest BCUT2D eigenvalue weighted by Crippen LogP contribution is -2.41. The van der Waals surface area contributed by atoms with Crippen molar-refractivity contribution in [3.63, 3.8) is 0 Å². The summed E-state index contributed by atoms with van der Waals surface area (Å²) in [5, 5.41) is 1.90. The molecule has 0 bridgehead atoms. The van der Waals surface area contributed by atoms with Gasteiger partial charge in [-0.2, -0.15) is 0 Å². The summed E-state index contributed by atoms with van der Waals surface area (Å²) in [6.07, 6.45) is 0. The summed E-state index contributed by atoms with van der Waals surface area (Å²) in [6.45, 7) is 12.2. The molecule has 1 fully saturated rings. The van der Waals surface area contributed by atoms with Crippen LogP contribution >= 0.6 is 0 Å². The van der Waals surface area contributed by atoms with E-state index in [4.69, 9.17) is 28.7 Å². The van der Waals surface area contributed by atoms with Crippen LogP contribution in [-0.2, 0) is 9.31 Å². The first-order chi connectivity index (χ1) is 20.3. The van der Waals surface area contributed by atoms with E-state index in [9.17, 15) is 0 Å². The first kappa shape index (κ1) is 27.8. The van der Waals surface area contributed by atoms with Gasteiger partial charge in [0.25, 0.3) is 0 Å². The number of furan rings is 1. The lowest BCUT2D eigenvalue weighted by atomic mass is 9.78. The minimum atomic E-state index is -0.538. The van der Waals surface area contributed by atoms with Crippen molar-refractivity contribution in [1.29, 1.82) is 0 Å². The summed E-state index contributed by atoms with van der Waals surface area (Å²) in [7, 11) is -0.538. The summed E-state index contributed by atoms with van der Waals surface area (Å²) < 4.78 is 19.3. The van der Waals surface area contributed by atoms with E-state index in [1.54, 1.807) is 0 Å². The molecule has 0 saturated carbocycles. The number of hydrogen-bond donors (Lipinski definition) is 0. The van der Waals surface area contributed by atoms with E-state index in [1.165, 1.54) is 0 Å². The molecule has 3 heterocycles. The first-order valence-corrected chi connectivity index (χ1v) is 14.5. The van der Waals surface area contributed by atoms with Crippen molar-refractivity contribution in [2.45, 2.75) is 52.7 Å². The molecule has 2 aromatic heterocycles. The molecule has 6 nitrogen and oxygen atoms in total. The van der Waals surface area contributed by atoms with Gasteiger partial charge in [-0.25, -0.2) is 15.0 Å². The van der Waals surface area contributed by atoms with Gasteiger partial charge in [-0.1, -0.05) is 105 Å². The van der Waals surface area contributed by atoms with E-state index in [-0.39, 0.29) is 0 Å². The zero-order valence-corrected chi connectivity index (χ0v) is 24.9. The van der Waals surface area contributed by atoms with Crippen molar-refractivity contribution >= 4 is 34.5 Å². The molecular weight excluding hydrogens is 521 g/mol. The Morgan fingerprint density at radius 2 is 1.10 bits per heavy atom. The molecule has 4 aromatic carbocycles. The van der Waals surface area contributed by atoms with Gasteiger partial charge >= 0.3 is 7.12 Å². The maximum atomic E-state index is 6.49. The molecule has 0 amide bonds. The van der Waals surface area contributed by atoms with Crippen molar-refractivity contribution in [3.05, 3.63) is 97.1 Å². The average molecular weight is 555 g/mol. The second kappa shape index (κ2) is 10.8. The van der Waals surface area contributed by atoms with Crippen LogP contribution in [0.4, 0.5) is 0 Å². The van der Waals surface area contributed by atoms with E-state index < -0.39 is 18.3 Å². The van der Waals surface area contributed by atoms with Gasteiger partial charge in [0.15, 0.2) is 17.5 Å². The molecule has 0 radical (unpaired) electrons. The summed E-state index contributed by atoms with van der Waals surface area (Å²) in [5.41, 5.74) is 4.17. The molecule has 1 aliphatic rings. The molecule has 42 heavy (non-hydrogen) atoms. The van der Waals surface area contributed by atoms with E-state index >= 15 is 0 Å². The highest BCUT2D eigenvalue weighted by molar-refractivity contribution is 6.65. The smallest absolute Gasteiger partial charge is 0.456 e. The maximum absolute atomic E-state index is 6.49. The quantitative estimate of drug-likeness (QED) is 0.205. The van der Waals surface area contributed by atoms with Crippen molar-refractivity contribution in [2.24, 2.45) is 0 Å². The largest absolute Gasteiger partial charge is 0.498 e. The SMILES string of the molecule is CC.CC1(C)OB(c2cccc3c2oc2cccc(-c4nc(-c5ccccc5)nc(-c5ccccc5)n4)c23)OC1(C)C. The van der Waals surface area contributed by atoms with Gasteiger partial charge in [0.05, 0.1) is 11.2 Å². The molecule has 6 aromatic rings. The standard InChI is InChI=1S/C33H28BN3O3.C2H6/c1-32(2)33(3,4)40-34(39-32)25-19-11-17-23-27-24(18-12-20-26(27)38-28(23)25)31-36-29(21-13-7-5-8-14-21)35-30(37-31)22-15-9-6-10-16-22;1-2/h5-20H,1-4H3;1-2H3. The topological polar surface area (TPSA) is 70.3 Å². The Morgan fingerprint density at radius 1 is 0.571 bits per heavy atom. The number of nitrogens with zero attached hydrogens (tertiary/aromatic N) is 3. The van der Waals surface area contributed by atoms with E-state index in [2.05, 4.69) is 33.8 Å². The fourth-order valence-electron chi connectivity index (χ4n) is 5.14. The number of hydrogen-bond acceptors (Lipinski definition) is 6. The number of para-hydroxylation sites is 1. The van der Waals surface area contributed by atoms with Crippen LogP contribution in [0.2, 0.25) is 0 Å². The monoisotopic (exact) mass is 555 g/mol. The van der Waals surface area contributed by atoms with Gasteiger partial charge in [0, 0.05) is 32.9 Å². The Kier molecular flexibility index (Phi) is 7.17. The molecule has 1 aliphatic heterocycles. The molecular formula is C35H34BN3O3. The van der Waals surface area contributed by atoms with E-state index in [1.807, 2.05) is 105 Å². The van der Waals surface area contributed by atoms with Crippen LogP contribution in [0.25, 0.3) is 56.1 Å². The molecule has 0 aliphatic carbocycles. The van der Waals surface area contributed by atoms with Crippen LogP contribution in [0.15, 0.2) is 101 Å². The Balaban J connectivity index is 0.00000155. The summed E-state index contributed by atoms with van der Waals surface area (Å²) >= 11 is 0. The van der Waals surface area contributed by atoms with Gasteiger partial charge in [0.1, 0.15) is 11.2 Å². The van der Waals surface area contributed by atoms with E-state index in [0.717, 1.165) is 44.1 Å². The fraction of sp³-hybridized carbons (Fsp3) is 0.229. The molecule has 0 N–H and O–H groups in total. The van der Waals surface area contributed by atoms with Crippen molar-refractivity contribution in [3.8, 4) is 34.2 Å². The van der Waals surface area contributed by atoms with Gasteiger partial charge in [-0.15, -0.1) is 0 Å². The van der Waals surface area contributed by atoms with Gasteiger partial charge in [0.2, 0.25) is 0 Å². The zero-order valence-electron chi connectivity index (χ0n) is 24.9. The normalized spacial score (nSPS) is 15.5. The van der Waals surface area contributed by atoms with Gasteiger partial charge in [-0.05, 0) is 33.8 Å². The third-order valence-corrected chi connectivity index (χ3v) is 8.00. The Labute approximate surface area is 246 Å². The fourth-order valence-corrected chi connectivity index (χ4v) is 5.14. The first-order valence-electron chi connectivity index (χ1n) is 14.5. The van der Waals surface area contributed by atoms with Gasteiger partial charge in [-0.3, -0.25) is 0 Å². The summed E-state index contributed by atoms with van der Waals surface area (Å²) in [6, 6.07) is 32.1. The highest BCUT2D eigenvalue weighted by Crippen LogP contribution is 2.39. The molecule has 0 unspecified atom stereocenters. The minimum absolute atomic E-state index is 0.455. The minimum Gasteiger partial charge on any atom is -0.456 e. The Hall–Kier alpha value is -4.33. The zero-order chi connectivity index (χ0) is 29.5. The molecule has 0 atom stereocenters. The highest BCUT2D eigenvalue weighted by Gasteiger charge is 2.52. The lowest BCUT2D eigenvalue weighted by molar-refractivity contribution is 0.00578. The Bertz CT molecular complexity index is 1790. The molecule has 210 valence electrons. The lowest BCUT2D eigenvalue weighted by Gasteiger charge is -2.32. The second-order valence-corrected chi connectivity index (χ2v) is 11.1. The van der Waals surface area contributed by atoms with Crippen LogP contribution in [-0.4, -0.2) is 33.3 Å². The van der Waals surface area contributed by atoms with Crippen LogP contribution in [0.3, 0.4) is 0 Å². The molecule has 7 rings (SSSR count). The number of rotatable bonds is 4. The number of benzene rings is 4. The molecule has 0 spiro atoms. The van der Waals surface area contributed by atoms with Crippen molar-refractivity contribution < 1.29 is 13.7 Å². The van der Waals surface area contributed by atoms with Crippen molar-refractivity contribution in [2.75, 3.05) is 0 Å². The second-order valence-electron chi connectivity index (χ2n) is 11.1. The number of aromatic nitrogens is 3. The predicted molar refractivity (Wildman–Crippen MR) is 170 cm³/mol. The molecule has 1 saturated heterocycles. The van der Waals surface area contributed by atoms with Crippen LogP contribution < -0.4 is 5.46 Å². The summed E-state index contributed by atoms with van der Waals surface area (Å²) in [4.78, 5) is 14.8. The Morgan fingerprint density at radius 3 is 1.67 bits per heavy atom. The highest BCUT2D eigenvalue weighted by atomic mass is 16.7. The molecule has 7 heteroatoms. The van der Waals surface area contributed by atoms with Gasteiger partial charge < -0.3 is 13.7 Å². The average Bonchev–Trinajstić information content (AvgIpc) is 3.51. The van der Waals surface area contributed by atoms with Crippen LogP contribution in [0.5, 0.6) is 0 Å². The summed E-state index contributed by atoms with van der Waals surface area (Å²) in [5.74, 6) is 1.82. The van der Waals surface area contributed by atoms with E-state index in [0.29, 0.717) is 17.5 Å². The third-order valence-electron chi connectivity index (χ3n) is 8.00.